The Hall–Kier alpha value is -3.25. The molecule has 2 heterocycles. The van der Waals surface area contributed by atoms with Gasteiger partial charge in [0.05, 0.1) is 19.4 Å². The van der Waals surface area contributed by atoms with Crippen LogP contribution in [0.2, 0.25) is 0 Å². The number of esters is 1. The Balaban J connectivity index is 1.89. The molecule has 0 atom stereocenters. The minimum atomic E-state index is -0.815. The molecule has 2 rings (SSSR count). The fourth-order valence-corrected chi connectivity index (χ4v) is 3.50. The molecule has 3 amide bonds. The molecule has 0 saturated carbocycles. The van der Waals surface area contributed by atoms with Gasteiger partial charge < -0.3 is 29.9 Å². The van der Waals surface area contributed by atoms with Crippen LogP contribution in [0.4, 0.5) is 5.13 Å². The minimum Gasteiger partial charge on any atom is -0.464 e. The second kappa shape index (κ2) is 11.2. The molecule has 12 heteroatoms. The van der Waals surface area contributed by atoms with Crippen molar-refractivity contribution in [2.24, 2.45) is 0 Å². The van der Waals surface area contributed by atoms with E-state index in [0.717, 1.165) is 13.5 Å². The highest BCUT2D eigenvalue weighted by atomic mass is 32.1. The van der Waals surface area contributed by atoms with Gasteiger partial charge in [0.25, 0.3) is 11.8 Å². The van der Waals surface area contributed by atoms with Crippen LogP contribution >= 0.6 is 11.3 Å². The largest absolute Gasteiger partial charge is 0.464 e. The highest BCUT2D eigenvalue weighted by Gasteiger charge is 2.26. The third-order valence-electron chi connectivity index (χ3n) is 4.33. The molecule has 0 unspecified atom stereocenters. The fraction of sp³-hybridized carbons (Fsp3) is 0.421. The highest BCUT2D eigenvalue weighted by Crippen LogP contribution is 2.22. The average molecular weight is 452 g/mol. The number of methoxy groups -OCH3 is 2. The molecule has 168 valence electrons. The first-order chi connectivity index (χ1) is 14.8. The normalized spacial score (nSPS) is 13.5. The Bertz CT molecular complexity index is 883. The van der Waals surface area contributed by atoms with Crippen molar-refractivity contribution in [3.63, 3.8) is 0 Å². The first-order valence-electron chi connectivity index (χ1n) is 9.32. The SMILES string of the molecule is C=C(NC(=O)c1csc(N2CCN(CCCOC)C(=O)C2)n1)C(=O)NC(=C)C(=O)OC. The molecule has 1 saturated heterocycles. The van der Waals surface area contributed by atoms with Gasteiger partial charge in [-0.3, -0.25) is 14.4 Å². The first-order valence-corrected chi connectivity index (χ1v) is 10.2. The lowest BCUT2D eigenvalue weighted by Gasteiger charge is -2.34. The fourth-order valence-electron chi connectivity index (χ4n) is 2.67. The van der Waals surface area contributed by atoms with Crippen LogP contribution in [-0.2, 0) is 23.9 Å². The van der Waals surface area contributed by atoms with E-state index in [2.05, 4.69) is 33.5 Å². The maximum absolute atomic E-state index is 12.4. The number of hydrogen-bond acceptors (Lipinski definition) is 9. The van der Waals surface area contributed by atoms with E-state index in [1.807, 2.05) is 0 Å². The summed E-state index contributed by atoms with van der Waals surface area (Å²) < 4.78 is 9.44. The molecule has 31 heavy (non-hydrogen) atoms. The molecule has 1 aliphatic rings. The van der Waals surface area contributed by atoms with Crippen LogP contribution in [0, 0.1) is 0 Å². The van der Waals surface area contributed by atoms with Crippen molar-refractivity contribution < 1.29 is 28.7 Å². The third kappa shape index (κ3) is 6.62. The standard InChI is InChI=1S/C19H25N5O6S/c1-12(16(26)21-13(2)18(28)30-4)20-17(27)14-11-31-19(22-14)24-8-7-23(15(25)10-24)6-5-9-29-3/h11H,1-2,5-10H2,3-4H3,(H,20,27)(H,21,26). The van der Waals surface area contributed by atoms with Crippen molar-refractivity contribution >= 4 is 40.2 Å². The summed E-state index contributed by atoms with van der Waals surface area (Å²) in [5, 5.41) is 6.55. The Morgan fingerprint density at radius 1 is 1.19 bits per heavy atom. The summed E-state index contributed by atoms with van der Waals surface area (Å²) in [6, 6.07) is 0. The Labute approximate surface area is 183 Å². The second-order valence-electron chi connectivity index (χ2n) is 6.52. The second-order valence-corrected chi connectivity index (χ2v) is 7.36. The molecule has 0 radical (unpaired) electrons. The lowest BCUT2D eigenvalue weighted by molar-refractivity contribution is -0.137. The van der Waals surface area contributed by atoms with Crippen LogP contribution in [0.1, 0.15) is 16.9 Å². The Morgan fingerprint density at radius 3 is 2.58 bits per heavy atom. The summed E-state index contributed by atoms with van der Waals surface area (Å²) in [7, 11) is 2.77. The molecular weight excluding hydrogens is 426 g/mol. The predicted octanol–water partition coefficient (Wildman–Crippen LogP) is -0.125. The van der Waals surface area contributed by atoms with E-state index in [4.69, 9.17) is 4.74 Å². The molecule has 2 N–H and O–H groups in total. The molecule has 1 aromatic rings. The minimum absolute atomic E-state index is 0.0144. The number of hydrogen-bond donors (Lipinski definition) is 2. The number of ether oxygens (including phenoxy) is 2. The molecule has 1 fully saturated rings. The number of amides is 3. The van der Waals surface area contributed by atoms with Gasteiger partial charge >= 0.3 is 5.97 Å². The topological polar surface area (TPSA) is 130 Å². The van der Waals surface area contributed by atoms with E-state index in [0.29, 0.717) is 31.4 Å². The van der Waals surface area contributed by atoms with Crippen molar-refractivity contribution in [1.82, 2.24) is 20.5 Å². The van der Waals surface area contributed by atoms with Crippen molar-refractivity contribution in [2.45, 2.75) is 6.42 Å². The average Bonchev–Trinajstić information content (AvgIpc) is 3.24. The van der Waals surface area contributed by atoms with Gasteiger partial charge in [-0.2, -0.15) is 0 Å². The lowest BCUT2D eigenvalue weighted by atomic mass is 10.3. The van der Waals surface area contributed by atoms with E-state index in [1.54, 1.807) is 16.9 Å². The van der Waals surface area contributed by atoms with Gasteiger partial charge in [0.15, 0.2) is 5.13 Å². The van der Waals surface area contributed by atoms with Crippen LogP contribution in [0.3, 0.4) is 0 Å². The number of nitrogens with zero attached hydrogens (tertiary/aromatic N) is 3. The van der Waals surface area contributed by atoms with Crippen LogP contribution in [-0.4, -0.2) is 80.6 Å². The molecule has 0 bridgehead atoms. The van der Waals surface area contributed by atoms with Crippen molar-refractivity contribution in [3.05, 3.63) is 35.6 Å². The van der Waals surface area contributed by atoms with E-state index in [-0.39, 0.29) is 29.5 Å². The summed E-state index contributed by atoms with van der Waals surface area (Å²) in [5.41, 5.74) is -0.495. The summed E-state index contributed by atoms with van der Waals surface area (Å²) >= 11 is 1.22. The Kier molecular flexibility index (Phi) is 8.70. The van der Waals surface area contributed by atoms with Gasteiger partial charge in [-0.15, -0.1) is 11.3 Å². The lowest BCUT2D eigenvalue weighted by Crippen LogP contribution is -2.50. The number of carbonyl (C=O) groups excluding carboxylic acids is 4. The quantitative estimate of drug-likeness (QED) is 0.286. The number of nitrogens with one attached hydrogen (secondary N) is 2. The van der Waals surface area contributed by atoms with E-state index < -0.39 is 17.8 Å². The summed E-state index contributed by atoms with van der Waals surface area (Å²) in [6.45, 7) is 9.39. The molecule has 1 aliphatic heterocycles. The van der Waals surface area contributed by atoms with Gasteiger partial charge in [0.2, 0.25) is 5.91 Å². The molecular formula is C19H25N5O6S. The van der Waals surface area contributed by atoms with Gasteiger partial charge in [0.1, 0.15) is 11.4 Å². The van der Waals surface area contributed by atoms with E-state index >= 15 is 0 Å². The maximum Gasteiger partial charge on any atom is 0.353 e. The first kappa shape index (κ1) is 24.0. The smallest absolute Gasteiger partial charge is 0.353 e. The van der Waals surface area contributed by atoms with E-state index in [1.165, 1.54) is 16.7 Å². The molecule has 0 spiro atoms. The third-order valence-corrected chi connectivity index (χ3v) is 5.23. The number of rotatable bonds is 10. The monoisotopic (exact) mass is 451 g/mol. The summed E-state index contributed by atoms with van der Waals surface area (Å²) in [4.78, 5) is 55.8. The number of carbonyl (C=O) groups is 4. The van der Waals surface area contributed by atoms with E-state index in [9.17, 15) is 19.2 Å². The number of thiazole rings is 1. The molecule has 0 aliphatic carbocycles. The van der Waals surface area contributed by atoms with Crippen LogP contribution < -0.4 is 15.5 Å². The van der Waals surface area contributed by atoms with Gasteiger partial charge in [0, 0.05) is 38.7 Å². The molecule has 1 aromatic heterocycles. The number of anilines is 1. The molecule has 0 aromatic carbocycles. The highest BCUT2D eigenvalue weighted by molar-refractivity contribution is 7.14. The van der Waals surface area contributed by atoms with Gasteiger partial charge in [-0.25, -0.2) is 9.78 Å². The summed E-state index contributed by atoms with van der Waals surface area (Å²) in [6.07, 6.45) is 0.772. The summed E-state index contributed by atoms with van der Waals surface area (Å²) in [5.74, 6) is -2.28. The van der Waals surface area contributed by atoms with Crippen molar-refractivity contribution in [2.75, 3.05) is 51.9 Å². The Morgan fingerprint density at radius 2 is 1.94 bits per heavy atom. The predicted molar refractivity (Wildman–Crippen MR) is 113 cm³/mol. The van der Waals surface area contributed by atoms with Gasteiger partial charge in [-0.05, 0) is 6.42 Å². The zero-order valence-corrected chi connectivity index (χ0v) is 18.3. The number of piperazine rings is 1. The van der Waals surface area contributed by atoms with Gasteiger partial charge in [-0.1, -0.05) is 13.2 Å². The zero-order chi connectivity index (χ0) is 23.0. The van der Waals surface area contributed by atoms with Crippen LogP contribution in [0.15, 0.2) is 29.9 Å². The maximum atomic E-state index is 12.4. The number of aromatic nitrogens is 1. The molecule has 11 nitrogen and oxygen atoms in total. The van der Waals surface area contributed by atoms with Crippen LogP contribution in [0.25, 0.3) is 0 Å². The zero-order valence-electron chi connectivity index (χ0n) is 17.4. The van der Waals surface area contributed by atoms with Crippen molar-refractivity contribution in [3.8, 4) is 0 Å². The van der Waals surface area contributed by atoms with Crippen LogP contribution in [0.5, 0.6) is 0 Å². The van der Waals surface area contributed by atoms with Crippen molar-refractivity contribution in [1.29, 1.82) is 0 Å².